The monoisotopic (exact) mass is 370 g/mol. The predicted molar refractivity (Wildman–Crippen MR) is 102 cm³/mol. The lowest BCUT2D eigenvalue weighted by atomic mass is 9.88. The van der Waals surface area contributed by atoms with Gasteiger partial charge in [-0.1, -0.05) is 6.07 Å². The zero-order chi connectivity index (χ0) is 18.9. The number of methoxy groups -OCH3 is 1. The van der Waals surface area contributed by atoms with Crippen molar-refractivity contribution in [2.24, 2.45) is 0 Å². The molecule has 0 N–H and O–H groups in total. The van der Waals surface area contributed by atoms with Gasteiger partial charge in [0.25, 0.3) is 5.91 Å². The molecule has 0 aromatic heterocycles. The Bertz CT molecular complexity index is 816. The first-order valence-electron chi connectivity index (χ1n) is 9.17. The summed E-state index contributed by atoms with van der Waals surface area (Å²) in [6, 6.07) is 14.2. The summed E-state index contributed by atoms with van der Waals surface area (Å²) < 4.78 is 24.8. The first-order valence-corrected chi connectivity index (χ1v) is 9.17. The number of hydrogen-bond acceptors (Lipinski definition) is 4. The Balaban J connectivity index is 1.46. The van der Waals surface area contributed by atoms with Gasteiger partial charge >= 0.3 is 0 Å². The largest absolute Gasteiger partial charge is 0.497 e. The molecule has 2 aliphatic heterocycles. The summed E-state index contributed by atoms with van der Waals surface area (Å²) in [6.07, 6.45) is 1.64. The summed E-state index contributed by atoms with van der Waals surface area (Å²) in [5.74, 6) is 0.381. The fraction of sp³-hybridized carbons (Fsp3) is 0.381. The molecular weight excluding hydrogens is 347 g/mol. The number of rotatable bonds is 3. The van der Waals surface area contributed by atoms with E-state index in [0.29, 0.717) is 12.2 Å². The molecule has 2 aromatic rings. The van der Waals surface area contributed by atoms with Gasteiger partial charge in [0.2, 0.25) is 0 Å². The Morgan fingerprint density at radius 3 is 2.48 bits per heavy atom. The number of hydrogen-bond donors (Lipinski definition) is 0. The van der Waals surface area contributed by atoms with Crippen LogP contribution in [0.2, 0.25) is 0 Å². The lowest BCUT2D eigenvalue weighted by Gasteiger charge is -2.47. The fourth-order valence-corrected chi connectivity index (χ4v) is 3.86. The fourth-order valence-electron chi connectivity index (χ4n) is 3.86. The van der Waals surface area contributed by atoms with Crippen molar-refractivity contribution < 1.29 is 18.7 Å². The van der Waals surface area contributed by atoms with Crippen molar-refractivity contribution in [3.63, 3.8) is 0 Å². The molecule has 0 aliphatic carbocycles. The number of halogens is 1. The molecule has 2 heterocycles. The minimum Gasteiger partial charge on any atom is -0.497 e. The van der Waals surface area contributed by atoms with E-state index >= 15 is 0 Å². The Morgan fingerprint density at radius 1 is 1.07 bits per heavy atom. The molecule has 2 aliphatic rings. The van der Waals surface area contributed by atoms with E-state index < -0.39 is 0 Å². The van der Waals surface area contributed by atoms with Crippen LogP contribution >= 0.6 is 0 Å². The van der Waals surface area contributed by atoms with Gasteiger partial charge in [-0.2, -0.15) is 0 Å². The maximum absolute atomic E-state index is 13.6. The highest BCUT2D eigenvalue weighted by atomic mass is 19.1. The van der Waals surface area contributed by atoms with Crippen molar-refractivity contribution in [3.8, 4) is 5.75 Å². The van der Waals surface area contributed by atoms with E-state index in [4.69, 9.17) is 9.47 Å². The summed E-state index contributed by atoms with van der Waals surface area (Å²) >= 11 is 0. The molecule has 142 valence electrons. The molecule has 4 rings (SSSR count). The van der Waals surface area contributed by atoms with Crippen LogP contribution in [0.5, 0.6) is 5.75 Å². The molecule has 0 unspecified atom stereocenters. The molecule has 0 radical (unpaired) electrons. The number of amides is 1. The Morgan fingerprint density at radius 2 is 1.81 bits per heavy atom. The number of benzene rings is 2. The molecule has 2 saturated heterocycles. The van der Waals surface area contributed by atoms with Crippen molar-refractivity contribution in [2.45, 2.75) is 18.4 Å². The summed E-state index contributed by atoms with van der Waals surface area (Å²) in [4.78, 5) is 16.3. The van der Waals surface area contributed by atoms with Crippen LogP contribution in [-0.4, -0.2) is 44.9 Å². The molecule has 1 amide bonds. The number of anilines is 2. The van der Waals surface area contributed by atoms with Crippen LogP contribution in [-0.2, 0) is 9.53 Å². The van der Waals surface area contributed by atoms with Crippen LogP contribution in [0.3, 0.4) is 0 Å². The average Bonchev–Trinajstić information content (AvgIpc) is 2.71. The SMILES string of the molecule is COc1ccc(N2CCC3(CC2)CN(c2cccc(F)c2)C(=O)CO3)cc1. The van der Waals surface area contributed by atoms with Gasteiger partial charge in [-0.15, -0.1) is 0 Å². The predicted octanol–water partition coefficient (Wildman–Crippen LogP) is 3.24. The topological polar surface area (TPSA) is 42.0 Å². The van der Waals surface area contributed by atoms with E-state index in [1.807, 2.05) is 12.1 Å². The Kier molecular flexibility index (Phi) is 4.74. The van der Waals surface area contributed by atoms with E-state index in [1.54, 1.807) is 24.1 Å². The van der Waals surface area contributed by atoms with Crippen molar-refractivity contribution in [3.05, 3.63) is 54.3 Å². The molecule has 5 nitrogen and oxygen atoms in total. The normalized spacial score (nSPS) is 19.4. The van der Waals surface area contributed by atoms with Gasteiger partial charge < -0.3 is 19.3 Å². The van der Waals surface area contributed by atoms with E-state index in [0.717, 1.165) is 37.4 Å². The molecule has 0 bridgehead atoms. The Hall–Kier alpha value is -2.60. The third-order valence-corrected chi connectivity index (χ3v) is 5.48. The zero-order valence-electron chi connectivity index (χ0n) is 15.4. The van der Waals surface area contributed by atoms with E-state index in [9.17, 15) is 9.18 Å². The minimum absolute atomic E-state index is 0.0407. The number of ether oxygens (including phenoxy) is 2. The lowest BCUT2D eigenvalue weighted by Crippen LogP contribution is -2.59. The van der Waals surface area contributed by atoms with Gasteiger partial charge in [0.1, 0.15) is 18.2 Å². The van der Waals surface area contributed by atoms with E-state index in [2.05, 4.69) is 17.0 Å². The van der Waals surface area contributed by atoms with Crippen molar-refractivity contribution in [2.75, 3.05) is 43.2 Å². The van der Waals surface area contributed by atoms with E-state index in [-0.39, 0.29) is 23.9 Å². The molecule has 6 heteroatoms. The average molecular weight is 370 g/mol. The number of carbonyl (C=O) groups is 1. The van der Waals surface area contributed by atoms with Crippen molar-refractivity contribution in [1.82, 2.24) is 0 Å². The number of piperidine rings is 1. The van der Waals surface area contributed by atoms with E-state index in [1.165, 1.54) is 12.1 Å². The summed E-state index contributed by atoms with van der Waals surface area (Å²) in [6.45, 7) is 2.19. The molecule has 1 spiro atoms. The number of carbonyl (C=O) groups excluding carboxylic acids is 1. The van der Waals surface area contributed by atoms with Gasteiger partial charge in [0.05, 0.1) is 19.3 Å². The second-order valence-corrected chi connectivity index (χ2v) is 7.12. The van der Waals surface area contributed by atoms with Gasteiger partial charge in [0.15, 0.2) is 0 Å². The highest BCUT2D eigenvalue weighted by Gasteiger charge is 2.42. The standard InChI is InChI=1S/C21H23FN2O3/c1-26-19-7-5-17(6-8-19)23-11-9-21(10-12-23)15-24(20(25)14-27-21)18-4-2-3-16(22)13-18/h2-8,13H,9-12,14-15H2,1H3. The first-order chi connectivity index (χ1) is 13.1. The second-order valence-electron chi connectivity index (χ2n) is 7.12. The molecule has 0 saturated carbocycles. The second kappa shape index (κ2) is 7.19. The van der Waals surface area contributed by atoms with Gasteiger partial charge in [-0.05, 0) is 55.3 Å². The van der Waals surface area contributed by atoms with Crippen LogP contribution in [0.1, 0.15) is 12.8 Å². The Labute approximate surface area is 158 Å². The van der Waals surface area contributed by atoms with Gasteiger partial charge in [0, 0.05) is 24.5 Å². The van der Waals surface area contributed by atoms with Crippen LogP contribution in [0.4, 0.5) is 15.8 Å². The maximum Gasteiger partial charge on any atom is 0.253 e. The summed E-state index contributed by atoms with van der Waals surface area (Å²) in [5.41, 5.74) is 1.38. The maximum atomic E-state index is 13.6. The third-order valence-electron chi connectivity index (χ3n) is 5.48. The lowest BCUT2D eigenvalue weighted by molar-refractivity contribution is -0.141. The molecular formula is C21H23FN2O3. The first kappa shape index (κ1) is 17.8. The summed E-state index contributed by atoms with van der Waals surface area (Å²) in [5, 5.41) is 0. The number of nitrogens with zero attached hydrogens (tertiary/aromatic N) is 2. The van der Waals surface area contributed by atoms with Gasteiger partial charge in [-0.25, -0.2) is 4.39 Å². The van der Waals surface area contributed by atoms with Crippen molar-refractivity contribution >= 4 is 17.3 Å². The summed E-state index contributed by atoms with van der Waals surface area (Å²) in [7, 11) is 1.66. The highest BCUT2D eigenvalue weighted by Crippen LogP contribution is 2.34. The smallest absolute Gasteiger partial charge is 0.253 e. The van der Waals surface area contributed by atoms with Crippen LogP contribution in [0.15, 0.2) is 48.5 Å². The molecule has 2 fully saturated rings. The quantitative estimate of drug-likeness (QED) is 0.832. The van der Waals surface area contributed by atoms with Crippen molar-refractivity contribution in [1.29, 1.82) is 0 Å². The van der Waals surface area contributed by atoms with Crippen LogP contribution in [0.25, 0.3) is 0 Å². The minimum atomic E-state index is -0.372. The van der Waals surface area contributed by atoms with Crippen LogP contribution in [0, 0.1) is 5.82 Å². The number of morpholine rings is 1. The zero-order valence-corrected chi connectivity index (χ0v) is 15.4. The highest BCUT2D eigenvalue weighted by molar-refractivity contribution is 5.95. The van der Waals surface area contributed by atoms with Crippen LogP contribution < -0.4 is 14.5 Å². The van der Waals surface area contributed by atoms with Gasteiger partial charge in [-0.3, -0.25) is 4.79 Å². The molecule has 27 heavy (non-hydrogen) atoms. The molecule has 0 atom stereocenters. The third kappa shape index (κ3) is 3.62. The molecule has 2 aromatic carbocycles.